The molecular weight excluding hydrogens is 583 g/mol. The van der Waals surface area contributed by atoms with Crippen LogP contribution in [-0.2, 0) is 15.7 Å². The molecular formula is C27H21BrF3N3O5. The highest BCUT2D eigenvalue weighted by Gasteiger charge is 2.31. The molecule has 0 saturated carbocycles. The molecule has 8 nitrogen and oxygen atoms in total. The lowest BCUT2D eigenvalue weighted by atomic mass is 10.1. The Morgan fingerprint density at radius 1 is 1.10 bits per heavy atom. The maximum atomic E-state index is 13.5. The van der Waals surface area contributed by atoms with Crippen LogP contribution in [0, 0.1) is 0 Å². The van der Waals surface area contributed by atoms with Crippen molar-refractivity contribution in [2.45, 2.75) is 19.2 Å². The molecule has 0 saturated heterocycles. The molecule has 3 aromatic carbocycles. The molecule has 0 aliphatic carbocycles. The summed E-state index contributed by atoms with van der Waals surface area (Å²) in [7, 11) is 2.62. The molecule has 0 spiro atoms. The molecule has 12 heteroatoms. The minimum Gasteiger partial charge on any atom is -0.493 e. The van der Waals surface area contributed by atoms with Crippen LogP contribution in [0.15, 0.2) is 75.0 Å². The van der Waals surface area contributed by atoms with E-state index in [1.165, 1.54) is 39.5 Å². The number of rotatable bonds is 7. The first-order valence-corrected chi connectivity index (χ1v) is 12.2. The van der Waals surface area contributed by atoms with Gasteiger partial charge >= 0.3 is 12.1 Å². The topological polar surface area (TPSA) is 92.0 Å². The summed E-state index contributed by atoms with van der Waals surface area (Å²) in [4.78, 5) is 29.9. The molecule has 0 N–H and O–H groups in total. The van der Waals surface area contributed by atoms with Crippen molar-refractivity contribution in [1.82, 2.24) is 9.66 Å². The van der Waals surface area contributed by atoms with E-state index in [1.807, 2.05) is 0 Å². The van der Waals surface area contributed by atoms with Crippen molar-refractivity contribution in [2.24, 2.45) is 5.10 Å². The second kappa shape index (κ2) is 11.3. The van der Waals surface area contributed by atoms with Crippen molar-refractivity contribution in [2.75, 3.05) is 14.2 Å². The van der Waals surface area contributed by atoms with Gasteiger partial charge in [0.25, 0.3) is 5.56 Å². The Bertz CT molecular complexity index is 1640. The Morgan fingerprint density at radius 2 is 1.85 bits per heavy atom. The van der Waals surface area contributed by atoms with Crippen molar-refractivity contribution in [1.29, 1.82) is 0 Å². The highest BCUT2D eigenvalue weighted by atomic mass is 79.9. The zero-order valence-corrected chi connectivity index (χ0v) is 22.4. The van der Waals surface area contributed by atoms with Gasteiger partial charge < -0.3 is 14.2 Å². The number of aromatic nitrogens is 2. The summed E-state index contributed by atoms with van der Waals surface area (Å²) in [5, 5.41) is 4.52. The molecule has 0 aliphatic heterocycles. The van der Waals surface area contributed by atoms with Gasteiger partial charge in [0.15, 0.2) is 23.4 Å². The summed E-state index contributed by atoms with van der Waals surface area (Å²) in [5.74, 6) is -0.355. The number of hydrogen-bond donors (Lipinski definition) is 0. The minimum absolute atomic E-state index is 0.0347. The van der Waals surface area contributed by atoms with Crippen molar-refractivity contribution in [3.63, 3.8) is 0 Å². The van der Waals surface area contributed by atoms with E-state index in [2.05, 4.69) is 26.0 Å². The average Bonchev–Trinajstić information content (AvgIpc) is 2.92. The van der Waals surface area contributed by atoms with Crippen LogP contribution >= 0.6 is 15.9 Å². The molecule has 202 valence electrons. The van der Waals surface area contributed by atoms with Gasteiger partial charge in [0.1, 0.15) is 0 Å². The van der Waals surface area contributed by atoms with E-state index >= 15 is 0 Å². The first-order chi connectivity index (χ1) is 18.5. The monoisotopic (exact) mass is 603 g/mol. The lowest BCUT2D eigenvalue weighted by molar-refractivity contribution is -0.148. The molecule has 0 fully saturated rings. The Balaban J connectivity index is 1.92. The van der Waals surface area contributed by atoms with Gasteiger partial charge in [-0.3, -0.25) is 4.79 Å². The van der Waals surface area contributed by atoms with E-state index in [0.29, 0.717) is 15.6 Å². The lowest BCUT2D eigenvalue weighted by Gasteiger charge is -2.17. The van der Waals surface area contributed by atoms with Crippen LogP contribution in [0.5, 0.6) is 11.5 Å². The quantitative estimate of drug-likeness (QED) is 0.199. The molecule has 0 aliphatic rings. The number of methoxy groups -OCH3 is 2. The van der Waals surface area contributed by atoms with Crippen LogP contribution in [-0.4, -0.2) is 42.2 Å². The molecule has 1 atom stereocenters. The molecule has 0 bridgehead atoms. The average molecular weight is 604 g/mol. The van der Waals surface area contributed by atoms with Crippen LogP contribution < -0.4 is 15.0 Å². The van der Waals surface area contributed by atoms with Crippen LogP contribution in [0.1, 0.15) is 18.1 Å². The Labute approximate surface area is 228 Å². The maximum Gasteiger partial charge on any atom is 0.416 e. The van der Waals surface area contributed by atoms with Crippen molar-refractivity contribution in [3.8, 4) is 22.9 Å². The Hall–Kier alpha value is -4.19. The second-order valence-electron chi connectivity index (χ2n) is 8.20. The van der Waals surface area contributed by atoms with E-state index < -0.39 is 29.4 Å². The standard InChI is InChI=1S/C27H21BrF3N3O5/c1-15(26(36)38-3)39-23-17(12-19(28)13-22(23)37-2)14-32-34-24(16-7-6-8-18(11-16)27(29,30)31)33-21-10-5-4-9-20(21)25(34)35/h4-15H,1-3H3/t15-/m1/s1. The number of carbonyl (C=O) groups excluding carboxylic acids is 1. The van der Waals surface area contributed by atoms with E-state index in [4.69, 9.17) is 14.2 Å². The lowest BCUT2D eigenvalue weighted by Crippen LogP contribution is -2.25. The van der Waals surface area contributed by atoms with Crippen LogP contribution in [0.3, 0.4) is 0 Å². The summed E-state index contributed by atoms with van der Waals surface area (Å²) in [5.41, 5.74) is -0.875. The minimum atomic E-state index is -4.60. The highest BCUT2D eigenvalue weighted by molar-refractivity contribution is 9.10. The zero-order chi connectivity index (χ0) is 28.3. The molecule has 39 heavy (non-hydrogen) atoms. The largest absolute Gasteiger partial charge is 0.493 e. The smallest absolute Gasteiger partial charge is 0.416 e. The van der Waals surface area contributed by atoms with Gasteiger partial charge in [0.2, 0.25) is 0 Å². The van der Waals surface area contributed by atoms with Crippen LogP contribution in [0.2, 0.25) is 0 Å². The third-order valence-electron chi connectivity index (χ3n) is 5.61. The Morgan fingerprint density at radius 3 is 2.54 bits per heavy atom. The normalized spacial score (nSPS) is 12.5. The summed E-state index contributed by atoms with van der Waals surface area (Å²) < 4.78 is 57.7. The summed E-state index contributed by atoms with van der Waals surface area (Å²) in [6, 6.07) is 14.1. The number of fused-ring (bicyclic) bond motifs is 1. The predicted octanol–water partition coefficient (Wildman–Crippen LogP) is 5.68. The third-order valence-corrected chi connectivity index (χ3v) is 6.07. The van der Waals surface area contributed by atoms with Gasteiger partial charge in [-0.2, -0.15) is 22.9 Å². The second-order valence-corrected chi connectivity index (χ2v) is 9.12. The molecule has 4 aromatic rings. The van der Waals surface area contributed by atoms with Gasteiger partial charge in [0, 0.05) is 15.6 Å². The van der Waals surface area contributed by atoms with E-state index in [0.717, 1.165) is 16.8 Å². The number of alkyl halides is 3. The molecule has 1 heterocycles. The third kappa shape index (κ3) is 5.95. The van der Waals surface area contributed by atoms with Gasteiger partial charge in [-0.25, -0.2) is 9.78 Å². The van der Waals surface area contributed by atoms with Crippen LogP contribution in [0.4, 0.5) is 13.2 Å². The predicted molar refractivity (Wildman–Crippen MR) is 142 cm³/mol. The fourth-order valence-corrected chi connectivity index (χ4v) is 4.18. The summed E-state index contributed by atoms with van der Waals surface area (Å²) >= 11 is 3.37. The fourth-order valence-electron chi connectivity index (χ4n) is 3.73. The number of hydrogen-bond acceptors (Lipinski definition) is 7. The molecule has 1 aromatic heterocycles. The van der Waals surface area contributed by atoms with Gasteiger partial charge in [-0.15, -0.1) is 0 Å². The number of benzene rings is 3. The SMILES string of the molecule is COC(=O)[C@@H](C)Oc1c(C=Nn2c(-c3cccc(C(F)(F)F)c3)nc3ccccc3c2=O)cc(Br)cc1OC. The van der Waals surface area contributed by atoms with E-state index in [-0.39, 0.29) is 28.3 Å². The first-order valence-electron chi connectivity index (χ1n) is 11.4. The number of para-hydroxylation sites is 1. The van der Waals surface area contributed by atoms with Crippen molar-refractivity contribution < 1.29 is 32.2 Å². The van der Waals surface area contributed by atoms with Crippen molar-refractivity contribution in [3.05, 3.63) is 86.6 Å². The first kappa shape index (κ1) is 27.8. The molecule has 0 unspecified atom stereocenters. The molecule has 0 amide bonds. The van der Waals surface area contributed by atoms with Crippen molar-refractivity contribution >= 4 is 39.0 Å². The van der Waals surface area contributed by atoms with Gasteiger partial charge in [-0.1, -0.05) is 40.2 Å². The van der Waals surface area contributed by atoms with Crippen LogP contribution in [0.25, 0.3) is 22.3 Å². The maximum absolute atomic E-state index is 13.5. The summed E-state index contributed by atoms with van der Waals surface area (Å²) in [6.45, 7) is 1.48. The van der Waals surface area contributed by atoms with E-state index in [9.17, 15) is 22.8 Å². The fraction of sp³-hybridized carbons (Fsp3) is 0.185. The molecule has 4 rings (SSSR count). The number of ether oxygens (including phenoxy) is 3. The van der Waals surface area contributed by atoms with E-state index in [1.54, 1.807) is 36.4 Å². The Kier molecular flexibility index (Phi) is 8.05. The number of nitrogens with zero attached hydrogens (tertiary/aromatic N) is 3. The number of esters is 1. The zero-order valence-electron chi connectivity index (χ0n) is 20.8. The summed E-state index contributed by atoms with van der Waals surface area (Å²) in [6.07, 6.45) is -4.35. The van der Waals surface area contributed by atoms with Gasteiger partial charge in [-0.05, 0) is 43.3 Å². The molecule has 0 radical (unpaired) electrons. The van der Waals surface area contributed by atoms with Gasteiger partial charge in [0.05, 0.1) is 36.9 Å². The number of carbonyl (C=O) groups is 1. The number of halogens is 4. The highest BCUT2D eigenvalue weighted by Crippen LogP contribution is 2.35.